The molecule has 1 aromatic carbocycles. The summed E-state index contributed by atoms with van der Waals surface area (Å²) in [6.45, 7) is 9.85. The van der Waals surface area contributed by atoms with Gasteiger partial charge in [-0.3, -0.25) is 4.90 Å². The van der Waals surface area contributed by atoms with Crippen molar-refractivity contribution in [2.75, 3.05) is 26.2 Å². The van der Waals surface area contributed by atoms with E-state index in [0.717, 1.165) is 37.2 Å². The summed E-state index contributed by atoms with van der Waals surface area (Å²) in [5.41, 5.74) is 0.813. The number of piperazine rings is 1. The smallest absolute Gasteiger partial charge is 0.410 e. The minimum Gasteiger partial charge on any atom is -0.444 e. The zero-order chi connectivity index (χ0) is 18.7. The Morgan fingerprint density at radius 3 is 2.35 bits per heavy atom. The number of thiophene rings is 1. The molecule has 0 atom stereocenters. The van der Waals surface area contributed by atoms with Gasteiger partial charge in [0.05, 0.1) is 0 Å². The van der Waals surface area contributed by atoms with Gasteiger partial charge in [-0.15, -0.1) is 11.3 Å². The van der Waals surface area contributed by atoms with Gasteiger partial charge in [-0.05, 0) is 50.6 Å². The van der Waals surface area contributed by atoms with Crippen molar-refractivity contribution in [3.63, 3.8) is 0 Å². The van der Waals surface area contributed by atoms with Crippen molar-refractivity contribution in [2.45, 2.75) is 32.9 Å². The van der Waals surface area contributed by atoms with E-state index in [0.29, 0.717) is 0 Å². The van der Waals surface area contributed by atoms with Crippen molar-refractivity contribution < 1.29 is 9.53 Å². The third-order valence-corrected chi connectivity index (χ3v) is 5.84. The molecule has 1 fully saturated rings. The first kappa shape index (κ1) is 19.4. The first-order valence-electron chi connectivity index (χ1n) is 8.85. The number of carbonyl (C=O) groups excluding carboxylic acids is 1. The highest BCUT2D eigenvalue weighted by molar-refractivity contribution is 9.10. The van der Waals surface area contributed by atoms with E-state index in [1.165, 1.54) is 15.3 Å². The van der Waals surface area contributed by atoms with Gasteiger partial charge in [-0.1, -0.05) is 28.1 Å². The first-order chi connectivity index (χ1) is 12.3. The highest BCUT2D eigenvalue weighted by Crippen LogP contribution is 2.30. The van der Waals surface area contributed by atoms with Crippen LogP contribution in [-0.2, 0) is 11.3 Å². The van der Waals surface area contributed by atoms with Crippen molar-refractivity contribution in [1.82, 2.24) is 9.80 Å². The Bertz CT molecular complexity index is 744. The lowest BCUT2D eigenvalue weighted by Gasteiger charge is -2.35. The van der Waals surface area contributed by atoms with Crippen molar-refractivity contribution >= 4 is 33.4 Å². The second-order valence-electron chi connectivity index (χ2n) is 7.52. The molecular weight excluding hydrogens is 412 g/mol. The number of nitrogens with zero attached hydrogens (tertiary/aromatic N) is 2. The summed E-state index contributed by atoms with van der Waals surface area (Å²) in [5.74, 6) is 0. The quantitative estimate of drug-likeness (QED) is 0.659. The Labute approximate surface area is 167 Å². The van der Waals surface area contributed by atoms with E-state index >= 15 is 0 Å². The summed E-state index contributed by atoms with van der Waals surface area (Å²) in [5, 5.41) is 0. The minimum atomic E-state index is -0.436. The molecule has 1 aromatic heterocycles. The fraction of sp³-hybridized carbons (Fsp3) is 0.450. The first-order valence-corrected chi connectivity index (χ1v) is 10.5. The molecule has 1 saturated heterocycles. The summed E-state index contributed by atoms with van der Waals surface area (Å²) >= 11 is 5.32. The normalized spacial score (nSPS) is 15.9. The Balaban J connectivity index is 1.52. The molecule has 26 heavy (non-hydrogen) atoms. The average Bonchev–Trinajstić information content (AvgIpc) is 3.03. The summed E-state index contributed by atoms with van der Waals surface area (Å²) in [4.78, 5) is 19.0. The second kappa shape index (κ2) is 8.11. The molecule has 0 spiro atoms. The lowest BCUT2D eigenvalue weighted by atomic mass is 10.2. The Kier molecular flexibility index (Phi) is 6.05. The van der Waals surface area contributed by atoms with Gasteiger partial charge in [0.1, 0.15) is 5.60 Å². The van der Waals surface area contributed by atoms with E-state index < -0.39 is 5.60 Å². The van der Waals surface area contributed by atoms with Crippen LogP contribution in [0.5, 0.6) is 0 Å². The molecule has 1 aliphatic rings. The lowest BCUT2D eigenvalue weighted by Crippen LogP contribution is -2.49. The maximum Gasteiger partial charge on any atom is 0.410 e. The number of amides is 1. The molecule has 0 aliphatic carbocycles. The second-order valence-corrected chi connectivity index (χ2v) is 9.60. The highest BCUT2D eigenvalue weighted by Gasteiger charge is 2.25. The van der Waals surface area contributed by atoms with E-state index in [4.69, 9.17) is 4.74 Å². The van der Waals surface area contributed by atoms with Crippen LogP contribution in [0.1, 0.15) is 25.6 Å². The molecule has 2 heterocycles. The standard InChI is InChI=1S/C20H25BrN2O2S/c1-20(2,3)25-19(24)23-12-10-22(11-13-23)14-17-8-9-18(26-17)15-4-6-16(21)7-5-15/h4-9H,10-14H2,1-3H3. The molecule has 1 aliphatic heterocycles. The molecule has 4 nitrogen and oxygen atoms in total. The molecule has 0 unspecified atom stereocenters. The molecule has 1 amide bonds. The Morgan fingerprint density at radius 2 is 1.73 bits per heavy atom. The third-order valence-electron chi connectivity index (χ3n) is 4.19. The topological polar surface area (TPSA) is 32.8 Å². The van der Waals surface area contributed by atoms with Crippen LogP contribution in [0.2, 0.25) is 0 Å². The van der Waals surface area contributed by atoms with E-state index in [1.807, 2.05) is 37.0 Å². The van der Waals surface area contributed by atoms with Gasteiger partial charge in [0.25, 0.3) is 0 Å². The van der Waals surface area contributed by atoms with Crippen LogP contribution in [0.4, 0.5) is 4.79 Å². The molecule has 0 bridgehead atoms. The number of hydrogen-bond acceptors (Lipinski definition) is 4. The number of hydrogen-bond donors (Lipinski definition) is 0. The van der Waals surface area contributed by atoms with Crippen LogP contribution in [0.3, 0.4) is 0 Å². The van der Waals surface area contributed by atoms with Crippen LogP contribution in [0, 0.1) is 0 Å². The molecule has 3 rings (SSSR count). The predicted molar refractivity (Wildman–Crippen MR) is 111 cm³/mol. The number of halogens is 1. The van der Waals surface area contributed by atoms with Gasteiger partial charge >= 0.3 is 6.09 Å². The average molecular weight is 437 g/mol. The molecule has 140 valence electrons. The zero-order valence-electron chi connectivity index (χ0n) is 15.5. The van der Waals surface area contributed by atoms with Gasteiger partial charge in [-0.25, -0.2) is 4.79 Å². The largest absolute Gasteiger partial charge is 0.444 e. The maximum absolute atomic E-state index is 12.1. The highest BCUT2D eigenvalue weighted by atomic mass is 79.9. The SMILES string of the molecule is CC(C)(C)OC(=O)N1CCN(Cc2ccc(-c3ccc(Br)cc3)s2)CC1. The van der Waals surface area contributed by atoms with Gasteiger partial charge in [0.15, 0.2) is 0 Å². The molecule has 0 radical (unpaired) electrons. The van der Waals surface area contributed by atoms with Gasteiger partial charge in [-0.2, -0.15) is 0 Å². The number of ether oxygens (including phenoxy) is 1. The third kappa shape index (κ3) is 5.32. The summed E-state index contributed by atoms with van der Waals surface area (Å²) in [6, 6.07) is 12.8. The number of carbonyl (C=O) groups is 1. The van der Waals surface area contributed by atoms with E-state index in [2.05, 4.69) is 57.2 Å². The van der Waals surface area contributed by atoms with Crippen LogP contribution in [-0.4, -0.2) is 47.7 Å². The molecular formula is C20H25BrN2O2S. The number of rotatable bonds is 3. The summed E-state index contributed by atoms with van der Waals surface area (Å²) < 4.78 is 6.56. The fourth-order valence-electron chi connectivity index (χ4n) is 2.87. The summed E-state index contributed by atoms with van der Waals surface area (Å²) in [6.07, 6.45) is -0.203. The maximum atomic E-state index is 12.1. The van der Waals surface area contributed by atoms with Gasteiger partial charge < -0.3 is 9.64 Å². The van der Waals surface area contributed by atoms with Crippen LogP contribution >= 0.6 is 27.3 Å². The molecule has 6 heteroatoms. The molecule has 0 N–H and O–H groups in total. The Hall–Kier alpha value is -1.37. The van der Waals surface area contributed by atoms with Crippen molar-refractivity contribution in [3.05, 3.63) is 45.7 Å². The predicted octanol–water partition coefficient (Wildman–Crippen LogP) is 5.23. The minimum absolute atomic E-state index is 0.203. The van der Waals surface area contributed by atoms with Gasteiger partial charge in [0, 0.05) is 47.0 Å². The van der Waals surface area contributed by atoms with Crippen LogP contribution in [0.25, 0.3) is 10.4 Å². The zero-order valence-corrected chi connectivity index (χ0v) is 17.9. The lowest BCUT2D eigenvalue weighted by molar-refractivity contribution is 0.0140. The molecule has 0 saturated carbocycles. The van der Waals surface area contributed by atoms with Crippen molar-refractivity contribution in [1.29, 1.82) is 0 Å². The van der Waals surface area contributed by atoms with Crippen molar-refractivity contribution in [2.24, 2.45) is 0 Å². The Morgan fingerprint density at radius 1 is 1.08 bits per heavy atom. The number of benzene rings is 1. The fourth-order valence-corrected chi connectivity index (χ4v) is 4.19. The monoisotopic (exact) mass is 436 g/mol. The van der Waals surface area contributed by atoms with Crippen LogP contribution < -0.4 is 0 Å². The molecule has 2 aromatic rings. The van der Waals surface area contributed by atoms with Gasteiger partial charge in [0.2, 0.25) is 0 Å². The van der Waals surface area contributed by atoms with E-state index in [-0.39, 0.29) is 6.09 Å². The summed E-state index contributed by atoms with van der Waals surface area (Å²) in [7, 11) is 0. The van der Waals surface area contributed by atoms with E-state index in [9.17, 15) is 4.79 Å². The van der Waals surface area contributed by atoms with E-state index in [1.54, 1.807) is 0 Å². The van der Waals surface area contributed by atoms with Crippen molar-refractivity contribution in [3.8, 4) is 10.4 Å². The van der Waals surface area contributed by atoms with Crippen LogP contribution in [0.15, 0.2) is 40.9 Å².